The lowest BCUT2D eigenvalue weighted by molar-refractivity contribution is 0.742. The molecule has 0 nitrogen and oxygen atoms in total. The lowest BCUT2D eigenvalue weighted by atomic mass is 10.2. The molecule has 0 amide bonds. The van der Waals surface area contributed by atoms with Crippen LogP contribution in [0.4, 0.5) is 0 Å². The van der Waals surface area contributed by atoms with E-state index in [2.05, 4.69) is 33.9 Å². The van der Waals surface area contributed by atoms with Crippen molar-refractivity contribution < 1.29 is 0 Å². The fourth-order valence-corrected chi connectivity index (χ4v) is 0. The van der Waals surface area contributed by atoms with Gasteiger partial charge in [-0.25, -0.2) is 0 Å². The third kappa shape index (κ3) is 4.38. The summed E-state index contributed by atoms with van der Waals surface area (Å²) >= 11 is 0. The molecule has 0 unspecified atom stereocenters. The average Bonchev–Trinajstić information content (AvgIpc) is 1.31. The maximum atomic E-state index is 2.35. The zero-order valence-electron chi connectivity index (χ0n) is 6.00. The van der Waals surface area contributed by atoms with Gasteiger partial charge in [0, 0.05) is 8.80 Å². The molecule has 51 valence electrons. The number of rotatable bonds is 0. The fraction of sp³-hybridized carbons (Fsp3) is 1.00. The summed E-state index contributed by atoms with van der Waals surface area (Å²) < 4.78 is 0. The minimum atomic E-state index is -0.0502. The first-order chi connectivity index (χ1) is 2.94. The molecule has 0 fully saturated rings. The normalized spacial score (nSPS) is 11.2. The van der Waals surface area contributed by atoms with Crippen LogP contribution in [-0.2, 0) is 0 Å². The highest BCUT2D eigenvalue weighted by atomic mass is 28.3. The molecule has 0 N–H and O–H groups in total. The van der Waals surface area contributed by atoms with E-state index in [0.717, 1.165) is 0 Å². The summed E-state index contributed by atoms with van der Waals surface area (Å²) in [5, 5.41) is 0.602. The molecular formula is C7H19Si. The van der Waals surface area contributed by atoms with E-state index >= 15 is 0 Å². The van der Waals surface area contributed by atoms with Gasteiger partial charge in [-0.05, 0) is 5.04 Å². The Bertz CT molecular complexity index is 49.9. The van der Waals surface area contributed by atoms with Gasteiger partial charge in [-0.3, -0.25) is 0 Å². The first kappa shape index (κ1) is 11.1. The Labute approximate surface area is 55.9 Å². The van der Waals surface area contributed by atoms with Crippen molar-refractivity contribution in [3.63, 3.8) is 0 Å². The van der Waals surface area contributed by atoms with Gasteiger partial charge in [0.25, 0.3) is 0 Å². The van der Waals surface area contributed by atoms with Crippen LogP contribution in [0.15, 0.2) is 0 Å². The molecule has 0 atom stereocenters. The minimum Gasteiger partial charge on any atom is -0.0776 e. The van der Waals surface area contributed by atoms with Crippen molar-refractivity contribution >= 4 is 8.80 Å². The monoisotopic (exact) mass is 131 g/mol. The highest BCUT2D eigenvalue weighted by Crippen LogP contribution is 2.25. The third-order valence-corrected chi connectivity index (χ3v) is 4.50. The smallest absolute Gasteiger partial charge is 0.0470 e. The second-order valence-corrected chi connectivity index (χ2v) is 6.75. The van der Waals surface area contributed by atoms with Crippen molar-refractivity contribution in [2.24, 2.45) is 0 Å². The highest BCUT2D eigenvalue weighted by molar-refractivity contribution is 6.59. The summed E-state index contributed by atoms with van der Waals surface area (Å²) in [7, 11) is -0.0502. The maximum absolute atomic E-state index is 2.35. The summed E-state index contributed by atoms with van der Waals surface area (Å²) in [5.74, 6) is 0. The second kappa shape index (κ2) is 3.28. The van der Waals surface area contributed by atoms with E-state index in [1.165, 1.54) is 0 Å². The molecule has 0 saturated heterocycles. The molecule has 0 aliphatic heterocycles. The summed E-state index contributed by atoms with van der Waals surface area (Å²) in [6, 6.07) is 0. The van der Waals surface area contributed by atoms with Crippen molar-refractivity contribution in [3.8, 4) is 0 Å². The molecule has 1 radical (unpaired) electrons. The molecule has 8 heavy (non-hydrogen) atoms. The Morgan fingerprint density at radius 2 is 1.12 bits per heavy atom. The van der Waals surface area contributed by atoms with Crippen LogP contribution >= 0.6 is 0 Å². The van der Waals surface area contributed by atoms with Gasteiger partial charge in [0.1, 0.15) is 0 Å². The number of hydrogen-bond acceptors (Lipinski definition) is 0. The van der Waals surface area contributed by atoms with Crippen LogP contribution < -0.4 is 0 Å². The van der Waals surface area contributed by atoms with Crippen LogP contribution in [0.25, 0.3) is 0 Å². The quantitative estimate of drug-likeness (QED) is 0.443. The minimum absolute atomic E-state index is 0. The molecule has 0 aliphatic carbocycles. The standard InChI is InChI=1S/C6H15Si.CH4/c1-6(2,3)7(4)5;/h1-5H3;1H4. The Balaban J connectivity index is 0. The summed E-state index contributed by atoms with van der Waals surface area (Å²) in [6.45, 7) is 11.6. The molecule has 0 aromatic heterocycles. The van der Waals surface area contributed by atoms with Gasteiger partial charge < -0.3 is 0 Å². The van der Waals surface area contributed by atoms with Gasteiger partial charge >= 0.3 is 0 Å². The van der Waals surface area contributed by atoms with E-state index < -0.39 is 0 Å². The molecular weight excluding hydrogens is 112 g/mol. The van der Waals surface area contributed by atoms with Gasteiger partial charge in [0.15, 0.2) is 0 Å². The van der Waals surface area contributed by atoms with E-state index in [1.807, 2.05) is 0 Å². The van der Waals surface area contributed by atoms with E-state index in [1.54, 1.807) is 0 Å². The maximum Gasteiger partial charge on any atom is 0.0470 e. The Hall–Kier alpha value is 0.217. The predicted molar refractivity (Wildman–Crippen MR) is 43.9 cm³/mol. The van der Waals surface area contributed by atoms with Crippen LogP contribution in [-0.4, -0.2) is 8.80 Å². The van der Waals surface area contributed by atoms with Crippen LogP contribution in [0.1, 0.15) is 28.2 Å². The van der Waals surface area contributed by atoms with Crippen LogP contribution in [0.2, 0.25) is 18.1 Å². The SMILES string of the molecule is C.C[Si](C)C(C)(C)C. The zero-order valence-corrected chi connectivity index (χ0v) is 7.00. The van der Waals surface area contributed by atoms with Crippen molar-refractivity contribution in [1.82, 2.24) is 0 Å². The molecule has 0 rings (SSSR count). The molecule has 0 spiro atoms. The second-order valence-electron chi connectivity index (χ2n) is 3.25. The van der Waals surface area contributed by atoms with E-state index in [4.69, 9.17) is 0 Å². The van der Waals surface area contributed by atoms with E-state index in [0.29, 0.717) is 5.04 Å². The van der Waals surface area contributed by atoms with Crippen molar-refractivity contribution in [2.45, 2.75) is 46.3 Å². The van der Waals surface area contributed by atoms with Crippen LogP contribution in [0.5, 0.6) is 0 Å². The molecule has 1 heteroatoms. The first-order valence-electron chi connectivity index (χ1n) is 2.75. The molecule has 0 bridgehead atoms. The summed E-state index contributed by atoms with van der Waals surface area (Å²) in [4.78, 5) is 0. The molecule has 0 aliphatic rings. The van der Waals surface area contributed by atoms with Gasteiger partial charge in [-0.2, -0.15) is 0 Å². The van der Waals surface area contributed by atoms with Crippen molar-refractivity contribution in [3.05, 3.63) is 0 Å². The summed E-state index contributed by atoms with van der Waals surface area (Å²) in [5.41, 5.74) is 0. The first-order valence-corrected chi connectivity index (χ1v) is 5.25. The molecule has 0 saturated carbocycles. The van der Waals surface area contributed by atoms with Gasteiger partial charge in [0.2, 0.25) is 0 Å². The van der Waals surface area contributed by atoms with E-state index in [9.17, 15) is 0 Å². The lowest BCUT2D eigenvalue weighted by Gasteiger charge is -2.20. The Morgan fingerprint density at radius 3 is 1.12 bits per heavy atom. The highest BCUT2D eigenvalue weighted by Gasteiger charge is 2.15. The van der Waals surface area contributed by atoms with Crippen LogP contribution in [0, 0.1) is 0 Å². The van der Waals surface area contributed by atoms with E-state index in [-0.39, 0.29) is 16.2 Å². The van der Waals surface area contributed by atoms with Crippen molar-refractivity contribution in [1.29, 1.82) is 0 Å². The van der Waals surface area contributed by atoms with Gasteiger partial charge in [-0.1, -0.05) is 41.3 Å². The van der Waals surface area contributed by atoms with Gasteiger partial charge in [0.05, 0.1) is 0 Å². The van der Waals surface area contributed by atoms with Crippen LogP contribution in [0.3, 0.4) is 0 Å². The third-order valence-electron chi connectivity index (χ3n) is 1.50. The topological polar surface area (TPSA) is 0 Å². The average molecular weight is 131 g/mol. The van der Waals surface area contributed by atoms with Gasteiger partial charge in [-0.15, -0.1) is 0 Å². The molecule has 0 heterocycles. The Morgan fingerprint density at radius 1 is 1.00 bits per heavy atom. The number of hydrogen-bond donors (Lipinski definition) is 0. The molecule has 0 aromatic rings. The predicted octanol–water partition coefficient (Wildman–Crippen LogP) is 3.18. The summed E-state index contributed by atoms with van der Waals surface area (Å²) in [6.07, 6.45) is 0. The molecule has 0 aromatic carbocycles. The fourth-order valence-electron chi connectivity index (χ4n) is 0. The largest absolute Gasteiger partial charge is 0.0776 e. The van der Waals surface area contributed by atoms with Crippen molar-refractivity contribution in [2.75, 3.05) is 0 Å². The zero-order chi connectivity index (χ0) is 6.08. The Kier molecular flexibility index (Phi) is 4.54. The lowest BCUT2D eigenvalue weighted by Crippen LogP contribution is -2.16.